The van der Waals surface area contributed by atoms with Gasteiger partial charge in [-0.05, 0) is 51.5 Å². The second-order valence-corrected chi connectivity index (χ2v) is 15.3. The molecule has 0 bridgehead atoms. The molecule has 0 aromatic rings. The predicted molar refractivity (Wildman–Crippen MR) is 192 cm³/mol. The Morgan fingerprint density at radius 3 is 2.31 bits per heavy atom. The van der Waals surface area contributed by atoms with Crippen molar-refractivity contribution in [1.82, 2.24) is 14.7 Å². The zero-order valence-electron chi connectivity index (χ0n) is 31.0. The van der Waals surface area contributed by atoms with Crippen LogP contribution in [0.3, 0.4) is 0 Å². The van der Waals surface area contributed by atoms with Crippen LogP contribution in [0.15, 0.2) is 36.0 Å². The van der Waals surface area contributed by atoms with Crippen LogP contribution >= 0.6 is 0 Å². The summed E-state index contributed by atoms with van der Waals surface area (Å²) in [7, 11) is 0. The Balaban J connectivity index is 1.43. The number of hydrogen-bond donors (Lipinski definition) is 2. The van der Waals surface area contributed by atoms with Crippen molar-refractivity contribution in [3.63, 3.8) is 0 Å². The van der Waals surface area contributed by atoms with Crippen LogP contribution in [-0.4, -0.2) is 124 Å². The first kappa shape index (κ1) is 40.4. The number of hydrogen-bond acceptors (Lipinski definition) is 10. The molecule has 1 saturated carbocycles. The molecule has 12 heteroatoms. The third kappa shape index (κ3) is 11.8. The number of Topliss-reactive ketones (excluding diaryl/α,β-unsaturated/α-hetero) is 3. The van der Waals surface area contributed by atoms with Gasteiger partial charge in [-0.25, -0.2) is 9.59 Å². The van der Waals surface area contributed by atoms with E-state index >= 15 is 0 Å². The molecular weight excluding hydrogens is 654 g/mol. The number of rotatable bonds is 7. The molecule has 0 aromatic carbocycles. The average molecular weight is 714 g/mol. The van der Waals surface area contributed by atoms with Crippen molar-refractivity contribution in [2.75, 3.05) is 45.9 Å². The van der Waals surface area contributed by atoms with Crippen LogP contribution in [0.1, 0.15) is 91.9 Å². The second kappa shape index (κ2) is 18.9. The van der Waals surface area contributed by atoms with Crippen molar-refractivity contribution in [1.29, 1.82) is 0 Å². The highest BCUT2D eigenvalue weighted by Crippen LogP contribution is 2.30. The maximum atomic E-state index is 13.5. The molecule has 12 nitrogen and oxygen atoms in total. The summed E-state index contributed by atoms with van der Waals surface area (Å²) in [5, 5.41) is 22.2. The Bertz CT molecular complexity index is 1320. The van der Waals surface area contributed by atoms with Gasteiger partial charge in [-0.3, -0.25) is 19.3 Å². The fraction of sp³-hybridized carbons (Fsp3) is 0.718. The molecular formula is C39H59N3O9. The van der Waals surface area contributed by atoms with Crippen LogP contribution in [0, 0.1) is 17.8 Å². The van der Waals surface area contributed by atoms with E-state index in [4.69, 9.17) is 9.47 Å². The van der Waals surface area contributed by atoms with Crippen molar-refractivity contribution >= 4 is 29.5 Å². The van der Waals surface area contributed by atoms with Gasteiger partial charge in [-0.2, -0.15) is 0 Å². The topological polar surface area (TPSA) is 154 Å². The zero-order chi connectivity index (χ0) is 37.1. The Labute approximate surface area is 302 Å². The molecule has 2 aliphatic carbocycles. The van der Waals surface area contributed by atoms with Crippen LogP contribution < -0.4 is 0 Å². The lowest BCUT2D eigenvalue weighted by atomic mass is 9.79. The first-order valence-corrected chi connectivity index (χ1v) is 18.9. The number of ketones is 3. The maximum Gasteiger partial charge on any atom is 0.410 e. The summed E-state index contributed by atoms with van der Waals surface area (Å²) in [6, 6.07) is 0.561. The number of aliphatic hydroxyl groups is 2. The molecule has 4 rings (SSSR count). The highest BCUT2D eigenvalue weighted by atomic mass is 16.6. The molecule has 0 unspecified atom stereocenters. The average Bonchev–Trinajstić information content (AvgIpc) is 3.35. The summed E-state index contributed by atoms with van der Waals surface area (Å²) in [6.07, 6.45) is 12.9. The van der Waals surface area contributed by atoms with Gasteiger partial charge in [-0.15, -0.1) is 0 Å². The van der Waals surface area contributed by atoms with Gasteiger partial charge >= 0.3 is 12.2 Å². The molecule has 0 spiro atoms. The lowest BCUT2D eigenvalue weighted by Gasteiger charge is -2.40. The SMILES string of the molecule is C/C(=C\C=C\[C@@H](C)COC(=O)N1CCC(=O)C1)[C@H]1C(=O)C(=O)C[C@@H](O)CC[C@](C)(O)[C@@H](OC(=O)N2CCN(C3CCCCCC3)CC2)/C=C/[C@@H]1C. The number of amides is 2. The van der Waals surface area contributed by atoms with E-state index < -0.39 is 53.4 Å². The molecule has 2 amide bonds. The van der Waals surface area contributed by atoms with E-state index in [1.165, 1.54) is 43.4 Å². The molecule has 6 atom stereocenters. The quantitative estimate of drug-likeness (QED) is 0.165. The first-order valence-electron chi connectivity index (χ1n) is 18.9. The minimum absolute atomic E-state index is 0.00880. The molecule has 0 aromatic heterocycles. The largest absolute Gasteiger partial charge is 0.449 e. The number of ether oxygens (including phenoxy) is 2. The summed E-state index contributed by atoms with van der Waals surface area (Å²) >= 11 is 0. The molecule has 4 aliphatic rings. The van der Waals surface area contributed by atoms with E-state index in [-0.39, 0.29) is 44.1 Å². The Hall–Kier alpha value is -3.35. The van der Waals surface area contributed by atoms with Crippen LogP contribution in [0.4, 0.5) is 9.59 Å². The molecule has 2 heterocycles. The molecule has 2 saturated heterocycles. The van der Waals surface area contributed by atoms with E-state index in [2.05, 4.69) is 4.90 Å². The summed E-state index contributed by atoms with van der Waals surface area (Å²) in [4.78, 5) is 69.3. The minimum Gasteiger partial charge on any atom is -0.449 e. The van der Waals surface area contributed by atoms with Crippen LogP contribution in [0.25, 0.3) is 0 Å². The number of nitrogens with zero attached hydrogens (tertiary/aromatic N) is 3. The van der Waals surface area contributed by atoms with Crippen molar-refractivity contribution in [2.45, 2.75) is 116 Å². The number of carbonyl (C=O) groups excluding carboxylic acids is 5. The standard InChI is InChI=1S/C39H59N3O9/c1-27(26-50-37(47)42-19-17-32(44)25-42)10-9-11-28(2)35-29(3)14-15-34(39(4,49)18-16-31(43)24-33(45)36(35)46)51-38(48)41-22-20-40(21-23-41)30-12-7-5-6-8-13-30/h9-11,14-15,27,29-31,34-35,43,49H,5-8,12-13,16-26H2,1-4H3/b10-9+,15-14+,28-11+/t27-,29+,31+,34+,35-,39+/m1/s1. The fourth-order valence-electron chi connectivity index (χ4n) is 7.52. The lowest BCUT2D eigenvalue weighted by molar-refractivity contribution is -0.140. The summed E-state index contributed by atoms with van der Waals surface area (Å²) in [5.41, 5.74) is -0.922. The van der Waals surface area contributed by atoms with E-state index in [0.29, 0.717) is 37.7 Å². The van der Waals surface area contributed by atoms with Crippen molar-refractivity contribution < 1.29 is 43.7 Å². The molecule has 51 heavy (non-hydrogen) atoms. The van der Waals surface area contributed by atoms with E-state index in [1.807, 2.05) is 13.0 Å². The van der Waals surface area contributed by atoms with Crippen molar-refractivity contribution in [2.24, 2.45) is 17.8 Å². The van der Waals surface area contributed by atoms with Gasteiger partial charge in [-0.1, -0.05) is 69.4 Å². The molecule has 2 N–H and O–H groups in total. The van der Waals surface area contributed by atoms with Gasteiger partial charge in [0.25, 0.3) is 0 Å². The van der Waals surface area contributed by atoms with Gasteiger partial charge < -0.3 is 29.5 Å². The highest BCUT2D eigenvalue weighted by molar-refractivity contribution is 6.38. The van der Waals surface area contributed by atoms with Gasteiger partial charge in [0.2, 0.25) is 11.6 Å². The summed E-state index contributed by atoms with van der Waals surface area (Å²) < 4.78 is 11.3. The smallest absolute Gasteiger partial charge is 0.410 e. The summed E-state index contributed by atoms with van der Waals surface area (Å²) in [6.45, 7) is 10.2. The van der Waals surface area contributed by atoms with E-state index in [1.54, 1.807) is 50.0 Å². The Morgan fingerprint density at radius 2 is 1.67 bits per heavy atom. The molecule has 2 aliphatic heterocycles. The van der Waals surface area contributed by atoms with Gasteiger partial charge in [0.15, 0.2) is 11.9 Å². The zero-order valence-corrected chi connectivity index (χ0v) is 31.0. The Kier molecular flexibility index (Phi) is 15.0. The second-order valence-electron chi connectivity index (χ2n) is 15.3. The van der Waals surface area contributed by atoms with Crippen LogP contribution in [0.2, 0.25) is 0 Å². The molecule has 0 radical (unpaired) electrons. The number of likely N-dealkylation sites (tertiary alicyclic amines) is 1. The van der Waals surface area contributed by atoms with E-state index in [0.717, 1.165) is 13.1 Å². The Morgan fingerprint density at radius 1 is 0.980 bits per heavy atom. The monoisotopic (exact) mass is 713 g/mol. The predicted octanol–water partition coefficient (Wildman–Crippen LogP) is 4.62. The number of aliphatic hydroxyl groups excluding tert-OH is 1. The van der Waals surface area contributed by atoms with Gasteiger partial charge in [0, 0.05) is 57.5 Å². The van der Waals surface area contributed by atoms with Crippen molar-refractivity contribution in [3.05, 3.63) is 36.0 Å². The number of allylic oxidation sites excluding steroid dienone is 4. The summed E-state index contributed by atoms with van der Waals surface area (Å²) in [5.74, 6) is -2.82. The molecule has 284 valence electrons. The van der Waals surface area contributed by atoms with Gasteiger partial charge in [0.05, 0.1) is 25.2 Å². The number of piperazine rings is 1. The lowest BCUT2D eigenvalue weighted by Crippen LogP contribution is -2.53. The third-order valence-corrected chi connectivity index (χ3v) is 10.9. The number of carbonyl (C=O) groups is 5. The van der Waals surface area contributed by atoms with Crippen molar-refractivity contribution in [3.8, 4) is 0 Å². The third-order valence-electron chi connectivity index (χ3n) is 10.9. The fourth-order valence-corrected chi connectivity index (χ4v) is 7.52. The van der Waals surface area contributed by atoms with E-state index in [9.17, 15) is 34.2 Å². The minimum atomic E-state index is -1.53. The first-order chi connectivity index (χ1) is 24.2. The van der Waals surface area contributed by atoms with Gasteiger partial charge in [0.1, 0.15) is 5.60 Å². The molecule has 3 fully saturated rings. The van der Waals surface area contributed by atoms with Crippen LogP contribution in [0.5, 0.6) is 0 Å². The van der Waals surface area contributed by atoms with Crippen LogP contribution in [-0.2, 0) is 23.9 Å². The maximum absolute atomic E-state index is 13.5. The highest BCUT2D eigenvalue weighted by Gasteiger charge is 2.38. The normalized spacial score (nSPS) is 31.2.